The van der Waals surface area contributed by atoms with Crippen molar-refractivity contribution in [1.29, 1.82) is 0 Å². The lowest BCUT2D eigenvalue weighted by molar-refractivity contribution is -0.139. The van der Waals surface area contributed by atoms with Crippen LogP contribution in [0.25, 0.3) is 0 Å². The maximum Gasteiger partial charge on any atom is 0.326 e. The summed E-state index contributed by atoms with van der Waals surface area (Å²) in [5.41, 5.74) is 0.529. The zero-order valence-electron chi connectivity index (χ0n) is 10.7. The summed E-state index contributed by atoms with van der Waals surface area (Å²) in [5.74, 6) is -1.11. The van der Waals surface area contributed by atoms with Gasteiger partial charge in [0.15, 0.2) is 0 Å². The van der Waals surface area contributed by atoms with Crippen molar-refractivity contribution in [2.45, 2.75) is 12.5 Å². The number of carboxylic acids is 1. The van der Waals surface area contributed by atoms with E-state index >= 15 is 0 Å². The normalized spacial score (nSPS) is 11.8. The van der Waals surface area contributed by atoms with Crippen LogP contribution in [-0.4, -0.2) is 36.9 Å². The molecule has 0 fully saturated rings. The Morgan fingerprint density at radius 2 is 1.95 bits per heavy atom. The van der Waals surface area contributed by atoms with Crippen molar-refractivity contribution >= 4 is 49.5 Å². The van der Waals surface area contributed by atoms with Gasteiger partial charge in [0, 0.05) is 29.1 Å². The van der Waals surface area contributed by atoms with Crippen LogP contribution in [0.2, 0.25) is 0 Å². The Kier molecular flexibility index (Phi) is 6.97. The number of ether oxygens (including phenoxy) is 1. The Hall–Kier alpha value is -1.12. The number of carboxylic acid groups (broad SMARTS) is 1. The number of halogens is 2. The number of methoxy groups -OCH3 is 1. The minimum atomic E-state index is -1.11. The zero-order valence-corrected chi connectivity index (χ0v) is 13.8. The SMILES string of the molecule is COCCC(NC(=O)Nc1c(Br)cccc1Br)C(=O)O. The molecule has 0 saturated carbocycles. The molecule has 6 nitrogen and oxygen atoms in total. The highest BCUT2D eigenvalue weighted by atomic mass is 79.9. The quantitative estimate of drug-likeness (QED) is 0.674. The van der Waals surface area contributed by atoms with Crippen molar-refractivity contribution in [3.05, 3.63) is 27.1 Å². The van der Waals surface area contributed by atoms with E-state index in [0.29, 0.717) is 14.6 Å². The molecule has 1 aromatic rings. The topological polar surface area (TPSA) is 87.7 Å². The molecule has 0 aliphatic heterocycles. The highest BCUT2D eigenvalue weighted by Crippen LogP contribution is 2.30. The first-order chi connectivity index (χ1) is 9.45. The van der Waals surface area contributed by atoms with Gasteiger partial charge in [-0.3, -0.25) is 0 Å². The molecule has 1 rings (SSSR count). The molecule has 1 atom stereocenters. The van der Waals surface area contributed by atoms with Gasteiger partial charge in [0.2, 0.25) is 0 Å². The number of hydrogen-bond acceptors (Lipinski definition) is 3. The van der Waals surface area contributed by atoms with E-state index in [2.05, 4.69) is 42.5 Å². The molecule has 0 bridgehead atoms. The molecule has 2 amide bonds. The number of hydrogen-bond donors (Lipinski definition) is 3. The van der Waals surface area contributed by atoms with Gasteiger partial charge < -0.3 is 20.5 Å². The van der Waals surface area contributed by atoms with Gasteiger partial charge in [-0.15, -0.1) is 0 Å². The number of benzene rings is 1. The standard InChI is InChI=1S/C12H14Br2N2O4/c1-20-6-5-9(11(17)18)15-12(19)16-10-7(13)3-2-4-8(10)14/h2-4,9H,5-6H2,1H3,(H,17,18)(H2,15,16,19). The van der Waals surface area contributed by atoms with Gasteiger partial charge in [0.05, 0.1) is 5.69 Å². The molecule has 3 N–H and O–H groups in total. The first-order valence-corrected chi connectivity index (χ1v) is 7.27. The van der Waals surface area contributed by atoms with Gasteiger partial charge in [0.1, 0.15) is 6.04 Å². The molecule has 0 saturated heterocycles. The summed E-state index contributed by atoms with van der Waals surface area (Å²) in [5, 5.41) is 14.0. The minimum Gasteiger partial charge on any atom is -0.480 e. The Labute approximate surface area is 133 Å². The average Bonchev–Trinajstić information content (AvgIpc) is 2.38. The largest absolute Gasteiger partial charge is 0.480 e. The monoisotopic (exact) mass is 408 g/mol. The van der Waals surface area contributed by atoms with E-state index in [1.54, 1.807) is 18.2 Å². The summed E-state index contributed by atoms with van der Waals surface area (Å²) >= 11 is 6.61. The number of carbonyl (C=O) groups excluding carboxylic acids is 1. The maximum absolute atomic E-state index is 11.8. The molecule has 1 unspecified atom stereocenters. The van der Waals surface area contributed by atoms with Crippen LogP contribution >= 0.6 is 31.9 Å². The number of amides is 2. The van der Waals surface area contributed by atoms with Gasteiger partial charge in [0.25, 0.3) is 0 Å². The highest BCUT2D eigenvalue weighted by molar-refractivity contribution is 9.11. The zero-order chi connectivity index (χ0) is 15.1. The molecule has 0 aromatic heterocycles. The van der Waals surface area contributed by atoms with Crippen molar-refractivity contribution < 1.29 is 19.4 Å². The second-order valence-electron chi connectivity index (χ2n) is 3.87. The summed E-state index contributed by atoms with van der Waals surface area (Å²) in [6.07, 6.45) is 0.191. The summed E-state index contributed by atoms with van der Waals surface area (Å²) < 4.78 is 6.18. The Morgan fingerprint density at radius 1 is 1.35 bits per heavy atom. The van der Waals surface area contributed by atoms with Crippen molar-refractivity contribution in [2.75, 3.05) is 19.0 Å². The third kappa shape index (κ3) is 5.10. The minimum absolute atomic E-state index is 0.191. The van der Waals surface area contributed by atoms with Gasteiger partial charge >= 0.3 is 12.0 Å². The molecule has 110 valence electrons. The van der Waals surface area contributed by atoms with Crippen molar-refractivity contribution in [3.8, 4) is 0 Å². The van der Waals surface area contributed by atoms with Gasteiger partial charge in [-0.2, -0.15) is 0 Å². The molecule has 1 aromatic carbocycles. The van der Waals surface area contributed by atoms with Crippen LogP contribution in [0.4, 0.5) is 10.5 Å². The predicted molar refractivity (Wildman–Crippen MR) is 81.9 cm³/mol. The van der Waals surface area contributed by atoms with Crippen molar-refractivity contribution in [2.24, 2.45) is 0 Å². The molecular formula is C12H14Br2N2O4. The average molecular weight is 410 g/mol. The third-order valence-corrected chi connectivity index (χ3v) is 3.74. The second kappa shape index (κ2) is 8.23. The van der Waals surface area contributed by atoms with E-state index < -0.39 is 18.0 Å². The Balaban J connectivity index is 2.68. The molecule has 0 spiro atoms. The molecule has 0 aliphatic rings. The Morgan fingerprint density at radius 3 is 2.45 bits per heavy atom. The van der Waals surface area contributed by atoms with E-state index in [9.17, 15) is 9.59 Å². The first-order valence-electron chi connectivity index (χ1n) is 5.69. The summed E-state index contributed by atoms with van der Waals surface area (Å²) in [4.78, 5) is 22.8. The fourth-order valence-corrected chi connectivity index (χ4v) is 2.61. The second-order valence-corrected chi connectivity index (χ2v) is 5.58. The molecular weight excluding hydrogens is 396 g/mol. The van der Waals surface area contributed by atoms with Crippen LogP contribution < -0.4 is 10.6 Å². The molecule has 8 heteroatoms. The van der Waals surface area contributed by atoms with Gasteiger partial charge in [-0.1, -0.05) is 6.07 Å². The number of urea groups is 1. The van der Waals surface area contributed by atoms with E-state index in [-0.39, 0.29) is 13.0 Å². The number of para-hydroxylation sites is 1. The van der Waals surface area contributed by atoms with Gasteiger partial charge in [-0.05, 0) is 44.0 Å². The fraction of sp³-hybridized carbons (Fsp3) is 0.333. The fourth-order valence-electron chi connectivity index (χ4n) is 1.42. The van der Waals surface area contributed by atoms with E-state index in [0.717, 1.165) is 0 Å². The van der Waals surface area contributed by atoms with Crippen LogP contribution in [0.5, 0.6) is 0 Å². The molecule has 0 heterocycles. The van der Waals surface area contributed by atoms with Crippen LogP contribution in [0.15, 0.2) is 27.1 Å². The van der Waals surface area contributed by atoms with E-state index in [1.165, 1.54) is 7.11 Å². The van der Waals surface area contributed by atoms with E-state index in [1.807, 2.05) is 0 Å². The summed E-state index contributed by atoms with van der Waals surface area (Å²) in [6, 6.07) is 3.73. The number of rotatable bonds is 6. The lowest BCUT2D eigenvalue weighted by Crippen LogP contribution is -2.43. The smallest absolute Gasteiger partial charge is 0.326 e. The van der Waals surface area contributed by atoms with Crippen LogP contribution in [0, 0.1) is 0 Å². The van der Waals surface area contributed by atoms with Crippen LogP contribution in [0.1, 0.15) is 6.42 Å². The van der Waals surface area contributed by atoms with Crippen molar-refractivity contribution in [3.63, 3.8) is 0 Å². The summed E-state index contributed by atoms with van der Waals surface area (Å²) in [7, 11) is 1.47. The number of nitrogens with one attached hydrogen (secondary N) is 2. The third-order valence-electron chi connectivity index (χ3n) is 2.42. The molecule has 20 heavy (non-hydrogen) atoms. The number of carbonyl (C=O) groups is 2. The maximum atomic E-state index is 11.8. The number of anilines is 1. The molecule has 0 aliphatic carbocycles. The lowest BCUT2D eigenvalue weighted by atomic mass is 10.2. The summed E-state index contributed by atoms with van der Waals surface area (Å²) in [6.45, 7) is 0.246. The number of aliphatic carboxylic acids is 1. The predicted octanol–water partition coefficient (Wildman–Crippen LogP) is 2.82. The van der Waals surface area contributed by atoms with Gasteiger partial charge in [-0.25, -0.2) is 9.59 Å². The van der Waals surface area contributed by atoms with E-state index in [4.69, 9.17) is 9.84 Å². The highest BCUT2D eigenvalue weighted by Gasteiger charge is 2.20. The first kappa shape index (κ1) is 16.9. The Bertz CT molecular complexity index is 476. The van der Waals surface area contributed by atoms with Crippen LogP contribution in [0.3, 0.4) is 0 Å². The van der Waals surface area contributed by atoms with Crippen LogP contribution in [-0.2, 0) is 9.53 Å². The van der Waals surface area contributed by atoms with Crippen molar-refractivity contribution in [1.82, 2.24) is 5.32 Å². The lowest BCUT2D eigenvalue weighted by Gasteiger charge is -2.16. The molecule has 0 radical (unpaired) electrons.